The molecular formula is C16H15Br2N3O4. The Morgan fingerprint density at radius 2 is 1.80 bits per heavy atom. The number of carboxylic acid groups (broad SMARTS) is 1. The molecule has 2 rings (SSSR count). The molecule has 25 heavy (non-hydrogen) atoms. The van der Waals surface area contributed by atoms with E-state index >= 15 is 0 Å². The number of ether oxygens (including phenoxy) is 1. The molecule has 0 heterocycles. The van der Waals surface area contributed by atoms with Crippen LogP contribution in [-0.4, -0.2) is 24.0 Å². The highest BCUT2D eigenvalue weighted by atomic mass is 79.9. The molecule has 1 atom stereocenters. The monoisotopic (exact) mass is 471 g/mol. The van der Waals surface area contributed by atoms with E-state index in [0.717, 1.165) is 0 Å². The fourth-order valence-corrected chi connectivity index (χ4v) is 3.59. The minimum atomic E-state index is -1.45. The average molecular weight is 473 g/mol. The maximum Gasteiger partial charge on any atom is 0.320 e. The quantitative estimate of drug-likeness (QED) is 0.377. The predicted octanol–water partition coefficient (Wildman–Crippen LogP) is 3.28. The van der Waals surface area contributed by atoms with Gasteiger partial charge in [0.25, 0.3) is 0 Å². The smallest absolute Gasteiger partial charge is 0.320 e. The molecule has 1 unspecified atom stereocenters. The van der Waals surface area contributed by atoms with Crippen molar-refractivity contribution in [3.05, 3.63) is 44.8 Å². The average Bonchev–Trinajstić information content (AvgIpc) is 2.51. The number of carboxylic acids is 1. The van der Waals surface area contributed by atoms with Crippen molar-refractivity contribution < 1.29 is 19.4 Å². The Labute approximate surface area is 160 Å². The van der Waals surface area contributed by atoms with Crippen LogP contribution < -0.4 is 21.5 Å². The zero-order chi connectivity index (χ0) is 18.7. The third-order valence-corrected chi connectivity index (χ3v) is 4.58. The van der Waals surface area contributed by atoms with Gasteiger partial charge in [0.2, 0.25) is 5.91 Å². The molecule has 6 N–H and O–H groups in total. The fraction of sp³-hybridized carbons (Fsp3) is 0.125. The Bertz CT molecular complexity index is 805. The molecule has 7 nitrogen and oxygen atoms in total. The largest absolute Gasteiger partial charge is 0.480 e. The number of hydrogen-bond acceptors (Lipinski definition) is 5. The lowest BCUT2D eigenvalue weighted by Gasteiger charge is -2.15. The Morgan fingerprint density at radius 3 is 2.28 bits per heavy atom. The van der Waals surface area contributed by atoms with Gasteiger partial charge < -0.3 is 26.6 Å². The number of carbonyl (C=O) groups is 2. The first-order valence-electron chi connectivity index (χ1n) is 7.00. The summed E-state index contributed by atoms with van der Waals surface area (Å²) < 4.78 is 6.77. The van der Waals surface area contributed by atoms with Crippen molar-refractivity contribution in [2.75, 3.05) is 18.1 Å². The van der Waals surface area contributed by atoms with E-state index in [9.17, 15) is 14.7 Å². The number of nitrogens with two attached hydrogens (primary N) is 2. The minimum absolute atomic E-state index is 0.235. The van der Waals surface area contributed by atoms with Crippen molar-refractivity contribution >= 4 is 55.1 Å². The van der Waals surface area contributed by atoms with Crippen LogP contribution in [0.25, 0.3) is 0 Å². The third-order valence-electron chi connectivity index (χ3n) is 3.40. The summed E-state index contributed by atoms with van der Waals surface area (Å²) in [5, 5.41) is 12.1. The predicted molar refractivity (Wildman–Crippen MR) is 102 cm³/mol. The molecule has 0 spiro atoms. The van der Waals surface area contributed by atoms with Crippen LogP contribution in [0.4, 0.5) is 11.4 Å². The Hall–Kier alpha value is -2.26. The molecule has 1 amide bonds. The molecular weight excluding hydrogens is 458 g/mol. The van der Waals surface area contributed by atoms with E-state index in [-0.39, 0.29) is 5.56 Å². The van der Waals surface area contributed by atoms with Gasteiger partial charge in [-0.15, -0.1) is 0 Å². The molecule has 0 aliphatic rings. The first kappa shape index (κ1) is 19.1. The molecule has 9 heteroatoms. The summed E-state index contributed by atoms with van der Waals surface area (Å²) in [6.45, 7) is 0. The van der Waals surface area contributed by atoms with E-state index in [0.29, 0.717) is 31.8 Å². The summed E-state index contributed by atoms with van der Waals surface area (Å²) in [7, 11) is 1.74. The number of carbonyl (C=O) groups excluding carboxylic acids is 1. The van der Waals surface area contributed by atoms with Crippen LogP contribution >= 0.6 is 31.9 Å². The van der Waals surface area contributed by atoms with Gasteiger partial charge in [-0.3, -0.25) is 9.59 Å². The number of amides is 1. The third kappa shape index (κ3) is 4.23. The molecule has 2 aromatic carbocycles. The van der Waals surface area contributed by atoms with Crippen LogP contribution in [-0.2, 0) is 9.59 Å². The molecule has 0 aromatic heterocycles. The van der Waals surface area contributed by atoms with E-state index < -0.39 is 17.8 Å². The summed E-state index contributed by atoms with van der Waals surface area (Å²) in [5.74, 6) is -2.77. The van der Waals surface area contributed by atoms with Crippen molar-refractivity contribution in [1.29, 1.82) is 0 Å². The highest BCUT2D eigenvalue weighted by Crippen LogP contribution is 2.40. The van der Waals surface area contributed by atoms with Crippen LogP contribution in [0.1, 0.15) is 11.5 Å². The Morgan fingerprint density at radius 1 is 1.20 bits per heavy atom. The molecule has 2 aromatic rings. The van der Waals surface area contributed by atoms with Gasteiger partial charge in [0.15, 0.2) is 11.7 Å². The van der Waals surface area contributed by atoms with Crippen molar-refractivity contribution in [2.45, 2.75) is 5.92 Å². The maximum atomic E-state index is 11.4. The number of anilines is 2. The van der Waals surface area contributed by atoms with Crippen molar-refractivity contribution in [3.63, 3.8) is 0 Å². The SMILES string of the molecule is CNc1cc(Oc2c(Br)cc(C(C(N)=O)C(=O)O)cc2Br)ccc1N. The Balaban J connectivity index is 2.41. The zero-order valence-corrected chi connectivity index (χ0v) is 16.2. The molecule has 132 valence electrons. The van der Waals surface area contributed by atoms with E-state index in [1.807, 2.05) is 0 Å². The number of hydrogen-bond donors (Lipinski definition) is 4. The van der Waals surface area contributed by atoms with Crippen molar-refractivity contribution in [1.82, 2.24) is 0 Å². The van der Waals surface area contributed by atoms with E-state index in [1.165, 1.54) is 12.1 Å². The second kappa shape index (κ2) is 7.75. The van der Waals surface area contributed by atoms with E-state index in [1.54, 1.807) is 25.2 Å². The summed E-state index contributed by atoms with van der Waals surface area (Å²) in [5.41, 5.74) is 12.5. The second-order valence-electron chi connectivity index (χ2n) is 5.09. The first-order chi connectivity index (χ1) is 11.7. The van der Waals surface area contributed by atoms with Crippen LogP contribution in [0.3, 0.4) is 0 Å². The van der Waals surface area contributed by atoms with Gasteiger partial charge in [0, 0.05) is 13.1 Å². The normalized spacial score (nSPS) is 11.6. The maximum absolute atomic E-state index is 11.4. The molecule has 0 radical (unpaired) electrons. The van der Waals surface area contributed by atoms with Crippen LogP contribution in [0, 0.1) is 0 Å². The summed E-state index contributed by atoms with van der Waals surface area (Å²) >= 11 is 6.66. The summed E-state index contributed by atoms with van der Waals surface area (Å²) in [6, 6.07) is 8.10. The van der Waals surface area contributed by atoms with E-state index in [4.69, 9.17) is 16.2 Å². The number of aliphatic carboxylic acids is 1. The number of halogens is 2. The van der Waals surface area contributed by atoms with Crippen molar-refractivity contribution in [3.8, 4) is 11.5 Å². The number of benzene rings is 2. The number of nitrogen functional groups attached to an aromatic ring is 1. The fourth-order valence-electron chi connectivity index (χ4n) is 2.21. The van der Waals surface area contributed by atoms with Gasteiger partial charge in [0.1, 0.15) is 5.75 Å². The molecule has 0 saturated carbocycles. The van der Waals surface area contributed by atoms with Crippen LogP contribution in [0.2, 0.25) is 0 Å². The number of nitrogens with one attached hydrogen (secondary N) is 1. The number of primary amides is 1. The molecule has 0 saturated heterocycles. The molecule has 0 aliphatic heterocycles. The van der Waals surface area contributed by atoms with Gasteiger partial charge in [0.05, 0.1) is 20.3 Å². The van der Waals surface area contributed by atoms with Crippen molar-refractivity contribution in [2.24, 2.45) is 5.73 Å². The van der Waals surface area contributed by atoms with Gasteiger partial charge in [-0.25, -0.2) is 0 Å². The van der Waals surface area contributed by atoms with E-state index in [2.05, 4.69) is 37.2 Å². The van der Waals surface area contributed by atoms with Crippen LogP contribution in [0.5, 0.6) is 11.5 Å². The second-order valence-corrected chi connectivity index (χ2v) is 6.80. The summed E-state index contributed by atoms with van der Waals surface area (Å²) in [6.07, 6.45) is 0. The van der Waals surface area contributed by atoms with Crippen LogP contribution in [0.15, 0.2) is 39.3 Å². The van der Waals surface area contributed by atoms with Gasteiger partial charge in [-0.2, -0.15) is 0 Å². The lowest BCUT2D eigenvalue weighted by atomic mass is 9.99. The minimum Gasteiger partial charge on any atom is -0.480 e. The Kier molecular flexibility index (Phi) is 5.91. The van der Waals surface area contributed by atoms with Gasteiger partial charge >= 0.3 is 5.97 Å². The number of rotatable bonds is 6. The lowest BCUT2D eigenvalue weighted by Crippen LogP contribution is -2.28. The molecule has 0 fully saturated rings. The van der Waals surface area contributed by atoms with Gasteiger partial charge in [-0.05, 0) is 61.7 Å². The lowest BCUT2D eigenvalue weighted by molar-refractivity contribution is -0.142. The highest BCUT2D eigenvalue weighted by molar-refractivity contribution is 9.11. The summed E-state index contributed by atoms with van der Waals surface area (Å²) in [4.78, 5) is 22.7. The zero-order valence-electron chi connectivity index (χ0n) is 13.0. The molecule has 0 aliphatic carbocycles. The molecule has 0 bridgehead atoms. The topological polar surface area (TPSA) is 128 Å². The standard InChI is InChI=1S/C16H15Br2N3O4/c1-21-12-6-8(2-3-11(12)19)25-14-9(17)4-7(5-10(14)18)13(15(20)22)16(23)24/h2-6,13,21H,19H2,1H3,(H2,20,22)(H,23,24). The first-order valence-corrected chi connectivity index (χ1v) is 8.59. The highest BCUT2D eigenvalue weighted by Gasteiger charge is 2.27. The van der Waals surface area contributed by atoms with Gasteiger partial charge in [-0.1, -0.05) is 0 Å².